The standard InChI is InChI=1S/C31H29FN10O/c1-40(2)12-4-7-30(43)35-20-41-18-28(38-39-41)22-8-10-27-26(15-22)31(34-19-33-27)37-25-9-11-29-23(14-25)16-36-42(29)17-21-5-3-6-24(32)13-21/h3-11,13-16,18-19H,12,17,20H2,1-2H3,(H,35,43)(H,33,34,37)/b7-4-. The first-order chi connectivity index (χ1) is 20.9. The molecule has 3 aromatic carbocycles. The zero-order valence-electron chi connectivity index (χ0n) is 23.6. The highest BCUT2D eigenvalue weighted by molar-refractivity contribution is 5.94. The molecule has 0 radical (unpaired) electrons. The van der Waals surface area contributed by atoms with Crippen molar-refractivity contribution in [1.29, 1.82) is 0 Å². The maximum atomic E-state index is 13.6. The lowest BCUT2D eigenvalue weighted by Gasteiger charge is -2.10. The number of rotatable bonds is 10. The highest BCUT2D eigenvalue weighted by atomic mass is 19.1. The maximum Gasteiger partial charge on any atom is 0.245 e. The van der Waals surface area contributed by atoms with Gasteiger partial charge in [0.1, 0.15) is 30.3 Å². The monoisotopic (exact) mass is 576 g/mol. The van der Waals surface area contributed by atoms with E-state index in [9.17, 15) is 9.18 Å². The summed E-state index contributed by atoms with van der Waals surface area (Å²) in [7, 11) is 3.87. The highest BCUT2D eigenvalue weighted by Gasteiger charge is 2.11. The Labute approximate surface area is 246 Å². The van der Waals surface area contributed by atoms with Crippen LogP contribution >= 0.6 is 0 Å². The third-order valence-electron chi connectivity index (χ3n) is 6.75. The molecule has 0 saturated carbocycles. The maximum absolute atomic E-state index is 13.6. The van der Waals surface area contributed by atoms with Crippen LogP contribution in [0.25, 0.3) is 33.1 Å². The smallest absolute Gasteiger partial charge is 0.245 e. The first-order valence-corrected chi connectivity index (χ1v) is 13.6. The van der Waals surface area contributed by atoms with E-state index in [0.29, 0.717) is 24.6 Å². The van der Waals surface area contributed by atoms with Gasteiger partial charge in [0, 0.05) is 34.6 Å². The normalized spacial score (nSPS) is 11.6. The Kier molecular flexibility index (Phi) is 7.83. The topological polar surface area (TPSA) is 119 Å². The summed E-state index contributed by atoms with van der Waals surface area (Å²) in [6.45, 7) is 1.35. The molecule has 12 heteroatoms. The number of nitrogens with one attached hydrogen (secondary N) is 2. The molecule has 0 bridgehead atoms. The van der Waals surface area contributed by atoms with Crippen LogP contribution < -0.4 is 10.6 Å². The van der Waals surface area contributed by atoms with Crippen LogP contribution in [0.2, 0.25) is 0 Å². The second-order valence-electron chi connectivity index (χ2n) is 10.3. The van der Waals surface area contributed by atoms with Crippen LogP contribution in [0.5, 0.6) is 0 Å². The van der Waals surface area contributed by atoms with Crippen molar-refractivity contribution < 1.29 is 9.18 Å². The minimum atomic E-state index is -0.266. The summed E-state index contributed by atoms with van der Waals surface area (Å²) in [5, 5.41) is 20.9. The number of hydrogen-bond acceptors (Lipinski definition) is 8. The number of aromatic nitrogens is 7. The highest BCUT2D eigenvalue weighted by Crippen LogP contribution is 2.29. The molecule has 3 heterocycles. The van der Waals surface area contributed by atoms with Crippen LogP contribution in [0.4, 0.5) is 15.9 Å². The molecular weight excluding hydrogens is 547 g/mol. The Morgan fingerprint density at radius 1 is 1.07 bits per heavy atom. The van der Waals surface area contributed by atoms with Gasteiger partial charge in [-0.2, -0.15) is 5.10 Å². The molecule has 0 spiro atoms. The molecule has 0 unspecified atom stereocenters. The Morgan fingerprint density at radius 3 is 2.84 bits per heavy atom. The molecule has 43 heavy (non-hydrogen) atoms. The van der Waals surface area contributed by atoms with Gasteiger partial charge in [-0.3, -0.25) is 9.48 Å². The van der Waals surface area contributed by atoms with Gasteiger partial charge in [0.05, 0.1) is 30.0 Å². The summed E-state index contributed by atoms with van der Waals surface area (Å²) < 4.78 is 17.1. The van der Waals surface area contributed by atoms with E-state index in [1.165, 1.54) is 24.5 Å². The zero-order valence-corrected chi connectivity index (χ0v) is 23.6. The van der Waals surface area contributed by atoms with E-state index in [0.717, 1.165) is 38.6 Å². The quantitative estimate of drug-likeness (QED) is 0.231. The van der Waals surface area contributed by atoms with Crippen molar-refractivity contribution in [1.82, 2.24) is 45.0 Å². The van der Waals surface area contributed by atoms with Crippen molar-refractivity contribution in [2.45, 2.75) is 13.2 Å². The van der Waals surface area contributed by atoms with E-state index < -0.39 is 0 Å². The van der Waals surface area contributed by atoms with Crippen molar-refractivity contribution in [2.24, 2.45) is 0 Å². The predicted octanol–water partition coefficient (Wildman–Crippen LogP) is 4.36. The molecule has 0 aliphatic carbocycles. The summed E-state index contributed by atoms with van der Waals surface area (Å²) in [4.78, 5) is 22.9. The first-order valence-electron chi connectivity index (χ1n) is 13.6. The summed E-state index contributed by atoms with van der Waals surface area (Å²) >= 11 is 0. The fourth-order valence-electron chi connectivity index (χ4n) is 4.65. The molecular formula is C31H29FN10O. The van der Waals surface area contributed by atoms with Crippen LogP contribution in [-0.4, -0.2) is 66.2 Å². The van der Waals surface area contributed by atoms with E-state index in [-0.39, 0.29) is 18.4 Å². The molecule has 0 atom stereocenters. The van der Waals surface area contributed by atoms with Crippen LogP contribution in [0, 0.1) is 5.82 Å². The molecule has 0 aliphatic rings. The molecule has 3 aromatic heterocycles. The van der Waals surface area contributed by atoms with Gasteiger partial charge < -0.3 is 15.5 Å². The lowest BCUT2D eigenvalue weighted by molar-refractivity contribution is -0.117. The second kappa shape index (κ2) is 12.2. The number of halogens is 1. The van der Waals surface area contributed by atoms with Crippen molar-refractivity contribution in [3.05, 3.63) is 103 Å². The van der Waals surface area contributed by atoms with Gasteiger partial charge >= 0.3 is 0 Å². The van der Waals surface area contributed by atoms with E-state index in [4.69, 9.17) is 0 Å². The number of carbonyl (C=O) groups excluding carboxylic acids is 1. The second-order valence-corrected chi connectivity index (χ2v) is 10.3. The zero-order chi connectivity index (χ0) is 29.8. The van der Waals surface area contributed by atoms with Crippen LogP contribution in [0.15, 0.2) is 91.5 Å². The summed E-state index contributed by atoms with van der Waals surface area (Å²) in [5.74, 6) is 0.176. The van der Waals surface area contributed by atoms with Crippen molar-refractivity contribution in [3.63, 3.8) is 0 Å². The Balaban J connectivity index is 1.18. The van der Waals surface area contributed by atoms with Gasteiger partial charge in [0.25, 0.3) is 0 Å². The van der Waals surface area contributed by atoms with Gasteiger partial charge in [0.15, 0.2) is 0 Å². The Bertz CT molecular complexity index is 1940. The molecule has 2 N–H and O–H groups in total. The number of hydrogen-bond donors (Lipinski definition) is 2. The molecule has 0 fully saturated rings. The molecule has 0 aliphatic heterocycles. The fourth-order valence-corrected chi connectivity index (χ4v) is 4.65. The third-order valence-corrected chi connectivity index (χ3v) is 6.75. The number of fused-ring (bicyclic) bond motifs is 2. The Hall–Kier alpha value is -5.49. The number of benzene rings is 3. The average molecular weight is 577 g/mol. The number of amides is 1. The minimum absolute atomic E-state index is 0.197. The van der Waals surface area contributed by atoms with Crippen molar-refractivity contribution >= 4 is 39.2 Å². The van der Waals surface area contributed by atoms with Gasteiger partial charge in [0.2, 0.25) is 5.91 Å². The average Bonchev–Trinajstić information content (AvgIpc) is 3.63. The minimum Gasteiger partial charge on any atom is -0.340 e. The number of likely N-dealkylation sites (N-methyl/N-ethyl adjacent to an activating group) is 1. The third kappa shape index (κ3) is 6.54. The number of anilines is 2. The van der Waals surface area contributed by atoms with E-state index in [1.807, 2.05) is 66.1 Å². The van der Waals surface area contributed by atoms with E-state index >= 15 is 0 Å². The summed E-state index contributed by atoms with van der Waals surface area (Å²) in [6, 6.07) is 18.3. The summed E-state index contributed by atoms with van der Waals surface area (Å²) in [6.07, 6.45) is 8.39. The number of nitrogens with zero attached hydrogens (tertiary/aromatic N) is 8. The molecule has 216 valence electrons. The fraction of sp³-hybridized carbons (Fsp3) is 0.161. The Morgan fingerprint density at radius 2 is 1.98 bits per heavy atom. The van der Waals surface area contributed by atoms with Crippen LogP contribution in [-0.2, 0) is 18.0 Å². The van der Waals surface area contributed by atoms with Gasteiger partial charge in [-0.05, 0) is 62.1 Å². The van der Waals surface area contributed by atoms with Gasteiger partial charge in [-0.15, -0.1) is 5.10 Å². The van der Waals surface area contributed by atoms with Crippen LogP contribution in [0.3, 0.4) is 0 Å². The molecule has 1 amide bonds. The van der Waals surface area contributed by atoms with E-state index in [2.05, 4.69) is 36.0 Å². The SMILES string of the molecule is CN(C)C/C=C\C(=O)NCn1cc(-c2ccc3ncnc(Nc4ccc5c(cnn5Cc5cccc(F)c5)c4)c3c2)nn1. The predicted molar refractivity (Wildman–Crippen MR) is 163 cm³/mol. The lowest BCUT2D eigenvalue weighted by atomic mass is 10.1. The lowest BCUT2D eigenvalue weighted by Crippen LogP contribution is -2.25. The summed E-state index contributed by atoms with van der Waals surface area (Å²) in [5.41, 5.74) is 4.88. The largest absolute Gasteiger partial charge is 0.340 e. The first kappa shape index (κ1) is 27.7. The molecule has 11 nitrogen and oxygen atoms in total. The van der Waals surface area contributed by atoms with Crippen molar-refractivity contribution in [2.75, 3.05) is 26.0 Å². The van der Waals surface area contributed by atoms with Gasteiger partial charge in [-0.1, -0.05) is 29.5 Å². The molecule has 6 aromatic rings. The van der Waals surface area contributed by atoms with Crippen molar-refractivity contribution in [3.8, 4) is 11.3 Å². The molecule has 0 saturated heterocycles. The number of carbonyl (C=O) groups is 1. The van der Waals surface area contributed by atoms with Gasteiger partial charge in [-0.25, -0.2) is 19.0 Å². The molecule has 6 rings (SSSR count). The van der Waals surface area contributed by atoms with Crippen LogP contribution in [0.1, 0.15) is 5.56 Å². The van der Waals surface area contributed by atoms with E-state index in [1.54, 1.807) is 29.2 Å².